The number of carbonyl (C=O) groups is 2. The van der Waals surface area contributed by atoms with Crippen molar-refractivity contribution in [2.45, 2.75) is 0 Å². The summed E-state index contributed by atoms with van der Waals surface area (Å²) < 4.78 is 84.3. The predicted molar refractivity (Wildman–Crippen MR) is 198 cm³/mol. The lowest BCUT2D eigenvalue weighted by molar-refractivity contribution is 0.102. The van der Waals surface area contributed by atoms with Crippen molar-refractivity contribution in [2.75, 3.05) is 0 Å². The molecule has 6 aromatic heterocycles. The molecule has 0 N–H and O–H groups in total. The van der Waals surface area contributed by atoms with Crippen LogP contribution in [0.1, 0.15) is 30.7 Å². The molecule has 0 atom stereocenters. The number of nitrogens with zero attached hydrogens (tertiary/aromatic N) is 6. The van der Waals surface area contributed by atoms with Gasteiger partial charge in [0.15, 0.2) is 72.6 Å². The standard InChI is InChI=1S/C34H8F6N6O2S6/c35-13-7-17(39)15(37)5-11(13)23(47)25-43-31-33(51-25)45-29(53-31)27-41-19-1-9-3-22-20(2-10(9)4-21(19)49-27)42-28(50-22)30-46-34-32(54-30)44-26(52-34)24(48)12-6-16(38)18(40)8-14(12)36/h1-8H. The van der Waals surface area contributed by atoms with Gasteiger partial charge in [-0.1, -0.05) is 45.3 Å². The Hall–Kier alpha value is -5.12. The molecule has 10 aromatic rings. The van der Waals surface area contributed by atoms with Crippen molar-refractivity contribution in [3.05, 3.63) is 105 Å². The second kappa shape index (κ2) is 12.2. The summed E-state index contributed by atoms with van der Waals surface area (Å²) in [5.74, 6) is -9.57. The molecule has 0 fully saturated rings. The number of fused-ring (bicyclic) bond motifs is 5. The molecule has 0 aliphatic heterocycles. The molecule has 0 aliphatic rings. The Morgan fingerprint density at radius 2 is 0.759 bits per heavy atom. The zero-order valence-electron chi connectivity index (χ0n) is 25.8. The lowest BCUT2D eigenvalue weighted by atomic mass is 10.1. The molecule has 0 spiro atoms. The Morgan fingerprint density at radius 3 is 1.17 bits per heavy atom. The van der Waals surface area contributed by atoms with E-state index in [4.69, 9.17) is 9.97 Å². The normalized spacial score (nSPS) is 12.0. The number of benzene rings is 4. The van der Waals surface area contributed by atoms with Crippen molar-refractivity contribution in [2.24, 2.45) is 0 Å². The van der Waals surface area contributed by atoms with Gasteiger partial charge in [-0.3, -0.25) is 9.59 Å². The van der Waals surface area contributed by atoms with Crippen LogP contribution in [0.4, 0.5) is 26.3 Å². The van der Waals surface area contributed by atoms with Crippen LogP contribution in [-0.4, -0.2) is 41.5 Å². The molecule has 8 nitrogen and oxygen atoms in total. The first-order chi connectivity index (χ1) is 25.9. The average Bonchev–Trinajstić information content (AvgIpc) is 3.97. The number of thiazole rings is 6. The second-order valence-corrected chi connectivity index (χ2v) is 17.4. The number of ketones is 2. The molecule has 10 rings (SSSR count). The van der Waals surface area contributed by atoms with Gasteiger partial charge in [-0.15, -0.1) is 22.7 Å². The van der Waals surface area contributed by atoms with Gasteiger partial charge in [-0.2, -0.15) is 0 Å². The second-order valence-electron chi connectivity index (χ2n) is 11.5. The molecule has 0 radical (unpaired) electrons. The van der Waals surface area contributed by atoms with Crippen LogP contribution in [0.2, 0.25) is 0 Å². The van der Waals surface area contributed by atoms with Gasteiger partial charge in [0.25, 0.3) is 0 Å². The molecule has 0 saturated heterocycles. The summed E-state index contributed by atoms with van der Waals surface area (Å²) in [6.45, 7) is 0. The van der Waals surface area contributed by atoms with Crippen molar-refractivity contribution in [1.82, 2.24) is 29.9 Å². The van der Waals surface area contributed by atoms with Crippen molar-refractivity contribution in [3.8, 4) is 20.0 Å². The smallest absolute Gasteiger partial charge is 0.224 e. The minimum absolute atomic E-state index is 0.0976. The third-order valence-corrected chi connectivity index (χ3v) is 14.4. The summed E-state index contributed by atoms with van der Waals surface area (Å²) in [4.78, 5) is 54.6. The van der Waals surface area contributed by atoms with Crippen LogP contribution in [0, 0.1) is 34.9 Å². The molecule has 0 bridgehead atoms. The van der Waals surface area contributed by atoms with E-state index in [1.807, 2.05) is 24.3 Å². The molecule has 264 valence electrons. The minimum atomic E-state index is -1.39. The number of hydrogen-bond donors (Lipinski definition) is 0. The fourth-order valence-electron chi connectivity index (χ4n) is 5.56. The number of aromatic nitrogens is 6. The first-order valence-electron chi connectivity index (χ1n) is 15.0. The van der Waals surface area contributed by atoms with E-state index in [1.165, 1.54) is 45.3 Å². The SMILES string of the molecule is O=C(c1nc2sc(-c3nc4cc5cc6sc(-c7nc8sc(C(=O)c9cc(F)c(F)cc9F)nc8s7)nc6cc5cc4s3)nc2s1)c1cc(F)c(F)cc1F. The lowest BCUT2D eigenvalue weighted by Gasteiger charge is -2.01. The quantitative estimate of drug-likeness (QED) is 0.0924. The largest absolute Gasteiger partial charge is 0.286 e. The van der Waals surface area contributed by atoms with E-state index in [2.05, 4.69) is 19.9 Å². The molecular formula is C34H8F6N6O2S6. The van der Waals surface area contributed by atoms with Crippen molar-refractivity contribution < 1.29 is 35.9 Å². The molecule has 4 aromatic carbocycles. The van der Waals surface area contributed by atoms with Crippen molar-refractivity contribution in [1.29, 1.82) is 0 Å². The number of carbonyl (C=O) groups excluding carboxylic acids is 2. The Kier molecular flexibility index (Phi) is 7.56. The van der Waals surface area contributed by atoms with Gasteiger partial charge in [0.1, 0.15) is 11.6 Å². The van der Waals surface area contributed by atoms with Crippen molar-refractivity contribution >= 4 is 130 Å². The topological polar surface area (TPSA) is 111 Å². The Morgan fingerprint density at radius 1 is 0.389 bits per heavy atom. The van der Waals surface area contributed by atoms with Crippen molar-refractivity contribution in [3.63, 3.8) is 0 Å². The Bertz CT molecular complexity index is 2930. The molecule has 20 heteroatoms. The van der Waals surface area contributed by atoms with Crippen LogP contribution in [0.5, 0.6) is 0 Å². The maximum absolute atomic E-state index is 14.2. The van der Waals surface area contributed by atoms with Crippen LogP contribution in [0.3, 0.4) is 0 Å². The maximum atomic E-state index is 14.2. The highest BCUT2D eigenvalue weighted by molar-refractivity contribution is 7.32. The first-order valence-corrected chi connectivity index (χ1v) is 19.9. The van der Waals surface area contributed by atoms with Gasteiger partial charge in [0.05, 0.1) is 31.6 Å². The molecule has 0 amide bonds. The molecule has 0 saturated carbocycles. The molecular weight excluding hydrogens is 831 g/mol. The average molecular weight is 839 g/mol. The highest BCUT2D eigenvalue weighted by Crippen LogP contribution is 2.41. The first kappa shape index (κ1) is 33.4. The zero-order valence-corrected chi connectivity index (χ0v) is 30.7. The van der Waals surface area contributed by atoms with E-state index in [-0.39, 0.29) is 10.0 Å². The van der Waals surface area contributed by atoms with E-state index >= 15 is 0 Å². The summed E-state index contributed by atoms with van der Waals surface area (Å²) in [6.07, 6.45) is 0. The highest BCUT2D eigenvalue weighted by Gasteiger charge is 2.25. The summed E-state index contributed by atoms with van der Waals surface area (Å²) in [5.41, 5.74) is 0.243. The number of rotatable bonds is 6. The van der Waals surface area contributed by atoms with Gasteiger partial charge >= 0.3 is 0 Å². The van der Waals surface area contributed by atoms with Crippen LogP contribution in [0.25, 0.3) is 70.6 Å². The van der Waals surface area contributed by atoms with Crippen LogP contribution >= 0.6 is 68.0 Å². The molecule has 54 heavy (non-hydrogen) atoms. The monoisotopic (exact) mass is 838 g/mol. The summed E-state index contributed by atoms with van der Waals surface area (Å²) in [6, 6.07) is 9.61. The van der Waals surface area contributed by atoms with E-state index in [9.17, 15) is 35.9 Å². The minimum Gasteiger partial charge on any atom is -0.286 e. The molecule has 0 aliphatic carbocycles. The van der Waals surface area contributed by atoms with Crippen LogP contribution in [0.15, 0.2) is 48.5 Å². The number of hydrogen-bond acceptors (Lipinski definition) is 14. The van der Waals surface area contributed by atoms with E-state index in [1.54, 1.807) is 0 Å². The summed E-state index contributed by atoms with van der Waals surface area (Å²) >= 11 is 7.08. The summed E-state index contributed by atoms with van der Waals surface area (Å²) in [5, 5.41) is 4.06. The molecule has 6 heterocycles. The third kappa shape index (κ3) is 5.42. The molecule has 0 unspecified atom stereocenters. The highest BCUT2D eigenvalue weighted by atomic mass is 32.1. The van der Waals surface area contributed by atoms with Crippen LogP contribution in [-0.2, 0) is 0 Å². The predicted octanol–water partition coefficient (Wildman–Crippen LogP) is 10.8. The van der Waals surface area contributed by atoms with Crippen LogP contribution < -0.4 is 0 Å². The van der Waals surface area contributed by atoms with Gasteiger partial charge < -0.3 is 0 Å². The van der Waals surface area contributed by atoms with E-state index in [0.29, 0.717) is 63.6 Å². The van der Waals surface area contributed by atoms with E-state index in [0.717, 1.165) is 53.9 Å². The lowest BCUT2D eigenvalue weighted by Crippen LogP contribution is -2.05. The zero-order chi connectivity index (χ0) is 37.2. The fraction of sp³-hybridized carbons (Fsp3) is 0. The fourth-order valence-corrected chi connectivity index (χ4v) is 11.6. The van der Waals surface area contributed by atoms with Gasteiger partial charge in [-0.05, 0) is 47.2 Å². The van der Waals surface area contributed by atoms with Gasteiger partial charge in [0, 0.05) is 12.1 Å². The summed E-state index contributed by atoms with van der Waals surface area (Å²) in [7, 11) is 0. The third-order valence-electron chi connectivity index (χ3n) is 8.07. The van der Waals surface area contributed by atoms with Gasteiger partial charge in [0.2, 0.25) is 11.6 Å². The number of halogens is 6. The Labute approximate surface area is 318 Å². The van der Waals surface area contributed by atoms with E-state index < -0.39 is 57.6 Å². The van der Waals surface area contributed by atoms with Gasteiger partial charge in [-0.25, -0.2) is 56.2 Å². The Balaban J connectivity index is 0.921. The maximum Gasteiger partial charge on any atom is 0.224 e.